The number of nitrogens with two attached hydrogens (primary N) is 1. The lowest BCUT2D eigenvalue weighted by Crippen LogP contribution is -2.03. The van der Waals surface area contributed by atoms with Crippen molar-refractivity contribution >= 4 is 28.9 Å². The molecule has 0 saturated heterocycles. The van der Waals surface area contributed by atoms with Crippen LogP contribution in [0.3, 0.4) is 0 Å². The molecule has 0 aliphatic carbocycles. The van der Waals surface area contributed by atoms with Crippen molar-refractivity contribution in [3.05, 3.63) is 40.9 Å². The molecule has 1 heterocycles. The zero-order chi connectivity index (χ0) is 13.3. The molecule has 1 aromatic carbocycles. The van der Waals surface area contributed by atoms with E-state index in [4.69, 9.17) is 17.3 Å². The maximum atomic E-state index is 13.4. The van der Waals surface area contributed by atoms with E-state index in [9.17, 15) is 13.2 Å². The highest BCUT2D eigenvalue weighted by Gasteiger charge is 2.15. The second kappa shape index (κ2) is 4.69. The van der Waals surface area contributed by atoms with E-state index in [1.807, 2.05) is 0 Å². The Hall–Kier alpha value is -2.02. The minimum atomic E-state index is -1.59. The Morgan fingerprint density at radius 1 is 1.11 bits per heavy atom. The van der Waals surface area contributed by atoms with Crippen LogP contribution in [0.1, 0.15) is 0 Å². The average molecular weight is 275 g/mol. The molecular formula is C10H6ClF3N4. The topological polar surface area (TPSA) is 63.8 Å². The molecule has 0 saturated carbocycles. The Morgan fingerprint density at radius 3 is 2.56 bits per heavy atom. The third kappa shape index (κ3) is 2.17. The van der Waals surface area contributed by atoms with Crippen LogP contribution in [0.2, 0.25) is 5.02 Å². The van der Waals surface area contributed by atoms with Gasteiger partial charge in [-0.05, 0) is 12.1 Å². The van der Waals surface area contributed by atoms with Crippen LogP contribution in [0, 0.1) is 17.5 Å². The quantitative estimate of drug-likeness (QED) is 0.827. The molecule has 0 unspecified atom stereocenters. The van der Waals surface area contributed by atoms with Crippen molar-refractivity contribution in [1.82, 2.24) is 9.97 Å². The fourth-order valence-electron chi connectivity index (χ4n) is 1.22. The van der Waals surface area contributed by atoms with Gasteiger partial charge in [-0.3, -0.25) is 0 Å². The number of hydrogen-bond donors (Lipinski definition) is 2. The lowest BCUT2D eigenvalue weighted by molar-refractivity contribution is 0.449. The van der Waals surface area contributed by atoms with Crippen LogP contribution in [0.4, 0.5) is 30.5 Å². The summed E-state index contributed by atoms with van der Waals surface area (Å²) in [5.41, 5.74) is 5.10. The Bertz CT molecular complexity index is 606. The number of nitrogen functional groups attached to an aromatic ring is 1. The van der Waals surface area contributed by atoms with Gasteiger partial charge in [0, 0.05) is 0 Å². The highest BCUT2D eigenvalue weighted by atomic mass is 35.5. The van der Waals surface area contributed by atoms with Crippen LogP contribution in [0.15, 0.2) is 18.5 Å². The first-order chi connectivity index (χ1) is 8.50. The maximum absolute atomic E-state index is 13.4. The van der Waals surface area contributed by atoms with Crippen LogP contribution < -0.4 is 11.1 Å². The molecule has 2 rings (SSSR count). The zero-order valence-corrected chi connectivity index (χ0v) is 9.47. The first-order valence-electron chi connectivity index (χ1n) is 4.67. The van der Waals surface area contributed by atoms with Crippen molar-refractivity contribution in [3.63, 3.8) is 0 Å². The Labute approximate surface area is 105 Å². The number of nitrogens with one attached hydrogen (secondary N) is 1. The number of aromatic nitrogens is 2. The summed E-state index contributed by atoms with van der Waals surface area (Å²) in [6.45, 7) is 0. The predicted octanol–water partition coefficient (Wildman–Crippen LogP) is 2.87. The highest BCUT2D eigenvalue weighted by Crippen LogP contribution is 2.28. The van der Waals surface area contributed by atoms with Gasteiger partial charge in [0.1, 0.15) is 17.2 Å². The monoisotopic (exact) mass is 274 g/mol. The van der Waals surface area contributed by atoms with E-state index in [1.54, 1.807) is 0 Å². The number of anilines is 3. The number of halogens is 4. The molecule has 0 aliphatic rings. The number of benzene rings is 1. The molecule has 0 amide bonds. The van der Waals surface area contributed by atoms with E-state index >= 15 is 0 Å². The van der Waals surface area contributed by atoms with Crippen molar-refractivity contribution in [2.75, 3.05) is 11.1 Å². The number of rotatable bonds is 2. The third-order valence-corrected chi connectivity index (χ3v) is 2.48. The van der Waals surface area contributed by atoms with Crippen molar-refractivity contribution in [2.24, 2.45) is 0 Å². The molecule has 0 bridgehead atoms. The van der Waals surface area contributed by atoms with Gasteiger partial charge < -0.3 is 11.1 Å². The molecule has 0 aliphatic heterocycles. The molecule has 94 valence electrons. The van der Waals surface area contributed by atoms with Gasteiger partial charge in [0.05, 0.1) is 5.69 Å². The fourth-order valence-corrected chi connectivity index (χ4v) is 1.37. The van der Waals surface area contributed by atoms with Crippen molar-refractivity contribution in [1.29, 1.82) is 0 Å². The van der Waals surface area contributed by atoms with Crippen molar-refractivity contribution < 1.29 is 13.2 Å². The Morgan fingerprint density at radius 2 is 1.83 bits per heavy atom. The summed E-state index contributed by atoms with van der Waals surface area (Å²) in [6, 6.07) is 1.79. The summed E-state index contributed by atoms with van der Waals surface area (Å²) < 4.78 is 39.1. The van der Waals surface area contributed by atoms with Gasteiger partial charge in [0.2, 0.25) is 0 Å². The van der Waals surface area contributed by atoms with E-state index in [0.29, 0.717) is 0 Å². The number of nitrogens with zero attached hydrogens (tertiary/aromatic N) is 2. The van der Waals surface area contributed by atoms with Gasteiger partial charge in [0.25, 0.3) is 0 Å². The molecule has 1 aromatic heterocycles. The summed E-state index contributed by atoms with van der Waals surface area (Å²) in [5.74, 6) is -4.26. The first-order valence-corrected chi connectivity index (χ1v) is 5.05. The molecule has 0 radical (unpaired) electrons. The predicted molar refractivity (Wildman–Crippen MR) is 61.1 cm³/mol. The van der Waals surface area contributed by atoms with Crippen LogP contribution in [0.5, 0.6) is 0 Å². The summed E-state index contributed by atoms with van der Waals surface area (Å²) in [6.07, 6.45) is 1.10. The van der Waals surface area contributed by atoms with Gasteiger partial charge in [-0.2, -0.15) is 0 Å². The lowest BCUT2D eigenvalue weighted by atomic mass is 10.3. The molecule has 3 N–H and O–H groups in total. The van der Waals surface area contributed by atoms with E-state index in [0.717, 1.165) is 18.5 Å². The summed E-state index contributed by atoms with van der Waals surface area (Å²) in [7, 11) is 0. The van der Waals surface area contributed by atoms with Gasteiger partial charge in [-0.15, -0.1) is 0 Å². The molecule has 2 aromatic rings. The standard InChI is InChI=1S/C10H6ClF3N4/c11-6-9(15)16-3-17-10(6)18-5-2-1-4(12)7(13)8(5)14/h1-3H,(H3,15,16,17,18). The van der Waals surface area contributed by atoms with Crippen LogP contribution in [0.25, 0.3) is 0 Å². The van der Waals surface area contributed by atoms with Crippen LogP contribution >= 0.6 is 11.6 Å². The third-order valence-electron chi connectivity index (χ3n) is 2.10. The number of hydrogen-bond acceptors (Lipinski definition) is 4. The largest absolute Gasteiger partial charge is 0.382 e. The summed E-state index contributed by atoms with van der Waals surface area (Å²) in [4.78, 5) is 7.31. The normalized spacial score (nSPS) is 10.4. The minimum absolute atomic E-state index is 0.00549. The second-order valence-corrected chi connectivity index (χ2v) is 3.65. The molecular weight excluding hydrogens is 269 g/mol. The molecule has 0 fully saturated rings. The van der Waals surface area contributed by atoms with Gasteiger partial charge in [-0.1, -0.05) is 11.6 Å². The molecule has 0 spiro atoms. The van der Waals surface area contributed by atoms with Gasteiger partial charge in [0.15, 0.2) is 23.3 Å². The molecule has 18 heavy (non-hydrogen) atoms. The lowest BCUT2D eigenvalue weighted by Gasteiger charge is -2.09. The smallest absolute Gasteiger partial charge is 0.196 e. The van der Waals surface area contributed by atoms with Crippen molar-refractivity contribution in [3.8, 4) is 0 Å². The highest BCUT2D eigenvalue weighted by molar-refractivity contribution is 6.35. The zero-order valence-electron chi connectivity index (χ0n) is 8.72. The van der Waals surface area contributed by atoms with E-state index < -0.39 is 17.5 Å². The summed E-state index contributed by atoms with van der Waals surface area (Å²) >= 11 is 5.76. The van der Waals surface area contributed by atoms with E-state index in [-0.39, 0.29) is 22.3 Å². The maximum Gasteiger partial charge on any atom is 0.196 e. The van der Waals surface area contributed by atoms with Crippen molar-refractivity contribution in [2.45, 2.75) is 0 Å². The first kappa shape index (κ1) is 12.4. The molecule has 4 nitrogen and oxygen atoms in total. The Kier molecular flexibility index (Phi) is 3.24. The van der Waals surface area contributed by atoms with E-state index in [2.05, 4.69) is 15.3 Å². The average Bonchev–Trinajstić information content (AvgIpc) is 2.35. The van der Waals surface area contributed by atoms with Gasteiger partial charge >= 0.3 is 0 Å². The second-order valence-electron chi connectivity index (χ2n) is 3.27. The van der Waals surface area contributed by atoms with Crippen LogP contribution in [-0.4, -0.2) is 9.97 Å². The molecule has 0 atom stereocenters. The molecule has 8 heteroatoms. The fraction of sp³-hybridized carbons (Fsp3) is 0. The minimum Gasteiger partial charge on any atom is -0.382 e. The van der Waals surface area contributed by atoms with E-state index in [1.165, 1.54) is 0 Å². The summed E-state index contributed by atoms with van der Waals surface area (Å²) in [5, 5.41) is 2.36. The Balaban J connectivity index is 2.41. The SMILES string of the molecule is Nc1ncnc(Nc2ccc(F)c(F)c2F)c1Cl. The van der Waals surface area contributed by atoms with Crippen LogP contribution in [-0.2, 0) is 0 Å². The van der Waals surface area contributed by atoms with Gasteiger partial charge in [-0.25, -0.2) is 23.1 Å².